The summed E-state index contributed by atoms with van der Waals surface area (Å²) in [5.41, 5.74) is 0. The summed E-state index contributed by atoms with van der Waals surface area (Å²) in [5.74, 6) is 0.794. The molecular formula is C8H20P2. The van der Waals surface area contributed by atoms with E-state index in [0.717, 1.165) is 5.92 Å². The van der Waals surface area contributed by atoms with Crippen LogP contribution in [0.2, 0.25) is 0 Å². The summed E-state index contributed by atoms with van der Waals surface area (Å²) in [6.45, 7) is 6.81. The number of unbranched alkanes of at least 4 members (excludes halogenated alkanes) is 1. The van der Waals surface area contributed by atoms with Crippen molar-refractivity contribution >= 4 is 18.5 Å². The van der Waals surface area contributed by atoms with Crippen LogP contribution in [0, 0.1) is 5.92 Å². The smallest absolute Gasteiger partial charge is 0.000970 e. The molecule has 0 fully saturated rings. The molecule has 62 valence electrons. The van der Waals surface area contributed by atoms with Gasteiger partial charge in [-0.1, -0.05) is 33.6 Å². The number of rotatable bonds is 4. The third kappa shape index (κ3) is 4.64. The van der Waals surface area contributed by atoms with Crippen LogP contribution in [0.15, 0.2) is 0 Å². The van der Waals surface area contributed by atoms with Crippen LogP contribution in [0.25, 0.3) is 0 Å². The molecule has 0 nitrogen and oxygen atoms in total. The fraction of sp³-hybridized carbons (Fsp3) is 1.00. The molecule has 3 atom stereocenters. The van der Waals surface area contributed by atoms with Crippen molar-refractivity contribution in [1.29, 1.82) is 0 Å². The van der Waals surface area contributed by atoms with Gasteiger partial charge in [0, 0.05) is 0 Å². The highest BCUT2D eigenvalue weighted by Gasteiger charge is 2.18. The van der Waals surface area contributed by atoms with Crippen molar-refractivity contribution < 1.29 is 0 Å². The summed E-state index contributed by atoms with van der Waals surface area (Å²) in [6, 6.07) is 0. The molecule has 2 heteroatoms. The van der Waals surface area contributed by atoms with Gasteiger partial charge in [-0.05, 0) is 17.2 Å². The molecule has 3 unspecified atom stereocenters. The molecule has 0 aliphatic rings. The number of hydrogen-bond donors (Lipinski definition) is 0. The van der Waals surface area contributed by atoms with Crippen LogP contribution in [0.3, 0.4) is 0 Å². The fourth-order valence-corrected chi connectivity index (χ4v) is 1.15. The van der Waals surface area contributed by atoms with Gasteiger partial charge < -0.3 is 0 Å². The Hall–Kier alpha value is 0.860. The largest absolute Gasteiger partial charge is 0.127 e. The van der Waals surface area contributed by atoms with Gasteiger partial charge in [0.15, 0.2) is 0 Å². The molecule has 0 aromatic rings. The first-order valence-corrected chi connectivity index (χ1v) is 5.21. The van der Waals surface area contributed by atoms with Gasteiger partial charge in [-0.25, -0.2) is 0 Å². The lowest BCUT2D eigenvalue weighted by Crippen LogP contribution is -2.16. The molecule has 0 heterocycles. The molecule has 10 heavy (non-hydrogen) atoms. The lowest BCUT2D eigenvalue weighted by Gasteiger charge is -2.26. The summed E-state index contributed by atoms with van der Waals surface area (Å²) in [7, 11) is 5.78. The molecular weight excluding hydrogens is 158 g/mol. The van der Waals surface area contributed by atoms with E-state index in [0.29, 0.717) is 4.90 Å². The van der Waals surface area contributed by atoms with Crippen LogP contribution in [0.5, 0.6) is 0 Å². The standard InChI is InChI=1S/C8H20P2/c1-4-5-6-7(2)8(3,9)10/h7H,4-6,9-10H2,1-3H3. The molecule has 0 saturated carbocycles. The van der Waals surface area contributed by atoms with E-state index < -0.39 is 0 Å². The average Bonchev–Trinajstić information content (AvgIpc) is 1.80. The predicted octanol–water partition coefficient (Wildman–Crippen LogP) is 3.28. The zero-order valence-corrected chi connectivity index (χ0v) is 9.66. The normalized spacial score (nSPS) is 15.3. The zero-order chi connectivity index (χ0) is 8.20. The number of hydrogen-bond acceptors (Lipinski definition) is 0. The first kappa shape index (κ1) is 10.9. The minimum Gasteiger partial charge on any atom is -0.127 e. The van der Waals surface area contributed by atoms with Gasteiger partial charge >= 0.3 is 0 Å². The molecule has 0 saturated heterocycles. The van der Waals surface area contributed by atoms with Crippen LogP contribution < -0.4 is 0 Å². The first-order chi connectivity index (χ1) is 4.48. The molecule has 0 aliphatic heterocycles. The third-order valence-corrected chi connectivity index (χ3v) is 3.19. The molecule has 0 aromatic heterocycles. The van der Waals surface area contributed by atoms with Crippen molar-refractivity contribution in [3.63, 3.8) is 0 Å². The second-order valence-electron chi connectivity index (χ2n) is 3.41. The van der Waals surface area contributed by atoms with Gasteiger partial charge in [-0.15, -0.1) is 18.5 Å². The molecule has 0 aromatic carbocycles. The van der Waals surface area contributed by atoms with E-state index in [1.807, 2.05) is 0 Å². The van der Waals surface area contributed by atoms with Crippen LogP contribution in [0.1, 0.15) is 40.0 Å². The fourth-order valence-electron chi connectivity index (χ4n) is 0.821. The van der Waals surface area contributed by atoms with Crippen molar-refractivity contribution in [1.82, 2.24) is 0 Å². The molecule has 0 spiro atoms. The van der Waals surface area contributed by atoms with Gasteiger partial charge in [0.2, 0.25) is 0 Å². The Balaban J connectivity index is 3.52. The third-order valence-electron chi connectivity index (χ3n) is 2.05. The van der Waals surface area contributed by atoms with E-state index in [2.05, 4.69) is 39.3 Å². The van der Waals surface area contributed by atoms with Crippen molar-refractivity contribution in [3.05, 3.63) is 0 Å². The van der Waals surface area contributed by atoms with E-state index in [4.69, 9.17) is 0 Å². The Morgan fingerprint density at radius 3 is 2.20 bits per heavy atom. The monoisotopic (exact) mass is 178 g/mol. The van der Waals surface area contributed by atoms with Crippen LogP contribution in [0.4, 0.5) is 0 Å². The summed E-state index contributed by atoms with van der Waals surface area (Å²) in [5, 5.41) is 0. The van der Waals surface area contributed by atoms with Gasteiger partial charge in [-0.3, -0.25) is 0 Å². The molecule has 0 rings (SSSR count). The lowest BCUT2D eigenvalue weighted by molar-refractivity contribution is 0.479. The van der Waals surface area contributed by atoms with Crippen molar-refractivity contribution in [2.45, 2.75) is 44.9 Å². The Morgan fingerprint density at radius 1 is 1.40 bits per heavy atom. The van der Waals surface area contributed by atoms with Gasteiger partial charge in [0.25, 0.3) is 0 Å². The highest BCUT2D eigenvalue weighted by molar-refractivity contribution is 7.39. The summed E-state index contributed by atoms with van der Waals surface area (Å²) in [4.78, 5) is 0.342. The van der Waals surface area contributed by atoms with Gasteiger partial charge in [-0.2, -0.15) is 0 Å². The van der Waals surface area contributed by atoms with Crippen molar-refractivity contribution in [2.75, 3.05) is 0 Å². The van der Waals surface area contributed by atoms with Gasteiger partial charge in [0.05, 0.1) is 0 Å². The van der Waals surface area contributed by atoms with E-state index in [1.165, 1.54) is 19.3 Å². The second-order valence-corrected chi connectivity index (χ2v) is 6.56. The maximum atomic E-state index is 2.89. The van der Waals surface area contributed by atoms with Crippen molar-refractivity contribution in [3.8, 4) is 0 Å². The average molecular weight is 178 g/mol. The van der Waals surface area contributed by atoms with Crippen LogP contribution in [-0.2, 0) is 0 Å². The lowest BCUT2D eigenvalue weighted by atomic mass is 10.0. The maximum Gasteiger partial charge on any atom is -0.000970 e. The SMILES string of the molecule is CCCCC(C)C(C)(P)P. The molecule has 0 aliphatic carbocycles. The highest BCUT2D eigenvalue weighted by Crippen LogP contribution is 2.36. The van der Waals surface area contributed by atoms with E-state index >= 15 is 0 Å². The molecule has 0 amide bonds. The topological polar surface area (TPSA) is 0 Å². The Labute approximate surface area is 70.0 Å². The van der Waals surface area contributed by atoms with E-state index in [-0.39, 0.29) is 0 Å². The predicted molar refractivity (Wildman–Crippen MR) is 56.5 cm³/mol. The summed E-state index contributed by atoms with van der Waals surface area (Å²) < 4.78 is 0. The minimum absolute atomic E-state index is 0.342. The van der Waals surface area contributed by atoms with Crippen LogP contribution in [-0.4, -0.2) is 4.90 Å². The Bertz CT molecular complexity index is 83.7. The van der Waals surface area contributed by atoms with Crippen molar-refractivity contribution in [2.24, 2.45) is 5.92 Å². The molecule has 0 radical (unpaired) electrons. The van der Waals surface area contributed by atoms with Crippen LogP contribution >= 0.6 is 18.5 Å². The van der Waals surface area contributed by atoms with E-state index in [1.54, 1.807) is 0 Å². The van der Waals surface area contributed by atoms with Gasteiger partial charge in [0.1, 0.15) is 0 Å². The summed E-state index contributed by atoms with van der Waals surface area (Å²) >= 11 is 0. The highest BCUT2D eigenvalue weighted by atomic mass is 31.1. The first-order valence-electron chi connectivity index (χ1n) is 4.06. The summed E-state index contributed by atoms with van der Waals surface area (Å²) in [6.07, 6.45) is 4.02. The molecule has 0 bridgehead atoms. The molecule has 0 N–H and O–H groups in total. The van der Waals surface area contributed by atoms with E-state index in [9.17, 15) is 0 Å². The maximum absolute atomic E-state index is 2.89. The Morgan fingerprint density at radius 2 is 1.90 bits per heavy atom. The zero-order valence-electron chi connectivity index (χ0n) is 7.35. The second kappa shape index (κ2) is 4.68. The quantitative estimate of drug-likeness (QED) is 0.579. The Kier molecular flexibility index (Phi) is 5.08. The minimum atomic E-state index is 0.342.